The molecule has 0 saturated carbocycles. The van der Waals surface area contributed by atoms with Crippen molar-refractivity contribution in [1.82, 2.24) is 5.32 Å². The van der Waals surface area contributed by atoms with Crippen LogP contribution < -0.4 is 5.32 Å². The predicted molar refractivity (Wildman–Crippen MR) is 89.0 cm³/mol. The van der Waals surface area contributed by atoms with Crippen molar-refractivity contribution in [1.29, 1.82) is 0 Å². The molecule has 1 aromatic rings. The molecule has 0 heterocycles. The highest BCUT2D eigenvalue weighted by Gasteiger charge is 2.23. The van der Waals surface area contributed by atoms with Crippen LogP contribution in [0.2, 0.25) is 5.02 Å². The molecule has 1 nitrogen and oxygen atoms in total. The van der Waals surface area contributed by atoms with Crippen molar-refractivity contribution in [3.63, 3.8) is 0 Å². The third kappa shape index (κ3) is 5.85. The largest absolute Gasteiger partial charge is 0.313 e. The number of rotatable bonds is 6. The number of hydrogen-bond acceptors (Lipinski definition) is 1. The fourth-order valence-corrected chi connectivity index (χ4v) is 2.95. The second-order valence-corrected chi connectivity index (χ2v) is 7.47. The standard InChI is InChI=1S/C16H25BrClN/c1-5-10-19-15(16(2,3)4)9-7-12-6-8-13(17)11-14(12)18/h6,8,11,15,19H,5,7,9-10H2,1-4H3. The van der Waals surface area contributed by atoms with Gasteiger partial charge in [0.15, 0.2) is 0 Å². The van der Waals surface area contributed by atoms with E-state index in [-0.39, 0.29) is 5.41 Å². The Morgan fingerprint density at radius 1 is 1.32 bits per heavy atom. The van der Waals surface area contributed by atoms with Gasteiger partial charge in [-0.2, -0.15) is 0 Å². The Hall–Kier alpha value is -0.0500. The van der Waals surface area contributed by atoms with E-state index in [2.05, 4.69) is 61.1 Å². The normalized spacial score (nSPS) is 13.6. The number of hydrogen-bond donors (Lipinski definition) is 1. The van der Waals surface area contributed by atoms with Crippen molar-refractivity contribution in [2.45, 2.75) is 53.0 Å². The molecule has 0 spiro atoms. The van der Waals surface area contributed by atoms with Crippen molar-refractivity contribution in [3.05, 3.63) is 33.3 Å². The van der Waals surface area contributed by atoms with E-state index in [1.807, 2.05) is 6.07 Å². The molecule has 1 rings (SSSR count). The van der Waals surface area contributed by atoms with Gasteiger partial charge in [-0.3, -0.25) is 0 Å². The first-order valence-electron chi connectivity index (χ1n) is 7.02. The minimum absolute atomic E-state index is 0.275. The Kier molecular flexibility index (Phi) is 6.85. The van der Waals surface area contributed by atoms with E-state index in [4.69, 9.17) is 11.6 Å². The molecule has 3 heteroatoms. The molecular formula is C16H25BrClN. The molecule has 1 N–H and O–H groups in total. The molecule has 0 saturated heterocycles. The topological polar surface area (TPSA) is 12.0 Å². The molecule has 19 heavy (non-hydrogen) atoms. The maximum Gasteiger partial charge on any atom is 0.0449 e. The summed E-state index contributed by atoms with van der Waals surface area (Å²) in [4.78, 5) is 0. The van der Waals surface area contributed by atoms with Crippen LogP contribution in [0.25, 0.3) is 0 Å². The van der Waals surface area contributed by atoms with Crippen LogP contribution in [0, 0.1) is 5.41 Å². The summed E-state index contributed by atoms with van der Waals surface area (Å²) in [7, 11) is 0. The lowest BCUT2D eigenvalue weighted by Gasteiger charge is -2.32. The van der Waals surface area contributed by atoms with E-state index < -0.39 is 0 Å². The quantitative estimate of drug-likeness (QED) is 0.722. The molecule has 0 aliphatic carbocycles. The highest BCUT2D eigenvalue weighted by molar-refractivity contribution is 9.10. The molecule has 0 aromatic heterocycles. The van der Waals surface area contributed by atoms with E-state index in [0.29, 0.717) is 6.04 Å². The summed E-state index contributed by atoms with van der Waals surface area (Å²) < 4.78 is 1.04. The van der Waals surface area contributed by atoms with Gasteiger partial charge in [-0.1, -0.05) is 61.3 Å². The third-order valence-corrected chi connectivity index (χ3v) is 4.25. The van der Waals surface area contributed by atoms with Crippen LogP contribution in [0.5, 0.6) is 0 Å². The molecule has 1 aromatic carbocycles. The Balaban J connectivity index is 2.65. The van der Waals surface area contributed by atoms with Crippen LogP contribution in [0.3, 0.4) is 0 Å². The van der Waals surface area contributed by atoms with Crippen molar-refractivity contribution < 1.29 is 0 Å². The van der Waals surface area contributed by atoms with Gasteiger partial charge < -0.3 is 5.32 Å². The van der Waals surface area contributed by atoms with Crippen molar-refractivity contribution >= 4 is 27.5 Å². The number of benzene rings is 1. The molecule has 0 bridgehead atoms. The smallest absolute Gasteiger partial charge is 0.0449 e. The van der Waals surface area contributed by atoms with Gasteiger partial charge in [0.1, 0.15) is 0 Å². The summed E-state index contributed by atoms with van der Waals surface area (Å²) in [5.41, 5.74) is 1.51. The van der Waals surface area contributed by atoms with Crippen molar-refractivity contribution in [2.24, 2.45) is 5.41 Å². The molecule has 1 atom stereocenters. The lowest BCUT2D eigenvalue weighted by atomic mass is 9.83. The highest BCUT2D eigenvalue weighted by Crippen LogP contribution is 2.26. The molecular weight excluding hydrogens is 322 g/mol. The van der Waals surface area contributed by atoms with Gasteiger partial charge in [0, 0.05) is 15.5 Å². The molecule has 0 aliphatic rings. The van der Waals surface area contributed by atoms with Gasteiger partial charge >= 0.3 is 0 Å². The molecule has 0 amide bonds. The summed E-state index contributed by atoms with van der Waals surface area (Å²) in [5.74, 6) is 0. The Labute approximate surface area is 131 Å². The molecule has 1 unspecified atom stereocenters. The number of nitrogens with one attached hydrogen (secondary N) is 1. The summed E-state index contributed by atoms with van der Waals surface area (Å²) in [6.07, 6.45) is 3.31. The summed E-state index contributed by atoms with van der Waals surface area (Å²) in [6.45, 7) is 10.2. The van der Waals surface area contributed by atoms with Gasteiger partial charge in [0.25, 0.3) is 0 Å². The summed E-state index contributed by atoms with van der Waals surface area (Å²) >= 11 is 9.73. The van der Waals surface area contributed by atoms with Crippen molar-refractivity contribution in [2.75, 3.05) is 6.54 Å². The van der Waals surface area contributed by atoms with Gasteiger partial charge in [0.2, 0.25) is 0 Å². The fraction of sp³-hybridized carbons (Fsp3) is 0.625. The fourth-order valence-electron chi connectivity index (χ4n) is 2.18. The zero-order valence-electron chi connectivity index (χ0n) is 12.4. The van der Waals surface area contributed by atoms with Crippen LogP contribution in [0.15, 0.2) is 22.7 Å². The van der Waals surface area contributed by atoms with E-state index in [1.165, 1.54) is 12.0 Å². The molecule has 0 fully saturated rings. The predicted octanol–water partition coefficient (Wildman–Crippen LogP) is 5.45. The minimum Gasteiger partial charge on any atom is -0.313 e. The SMILES string of the molecule is CCCNC(CCc1ccc(Br)cc1Cl)C(C)(C)C. The summed E-state index contributed by atoms with van der Waals surface area (Å²) in [5, 5.41) is 4.52. The van der Waals surface area contributed by atoms with E-state index >= 15 is 0 Å². The van der Waals surface area contributed by atoms with Gasteiger partial charge in [-0.25, -0.2) is 0 Å². The Morgan fingerprint density at radius 2 is 2.00 bits per heavy atom. The molecule has 108 valence electrons. The lowest BCUT2D eigenvalue weighted by molar-refractivity contribution is 0.255. The van der Waals surface area contributed by atoms with E-state index in [9.17, 15) is 0 Å². The lowest BCUT2D eigenvalue weighted by Crippen LogP contribution is -2.41. The van der Waals surface area contributed by atoms with Crippen molar-refractivity contribution in [3.8, 4) is 0 Å². The Bertz CT molecular complexity index is 398. The number of halogens is 2. The average Bonchev–Trinajstić information content (AvgIpc) is 2.29. The minimum atomic E-state index is 0.275. The Morgan fingerprint density at radius 3 is 2.53 bits per heavy atom. The van der Waals surface area contributed by atoms with Crippen LogP contribution in [-0.2, 0) is 6.42 Å². The monoisotopic (exact) mass is 345 g/mol. The first-order valence-corrected chi connectivity index (χ1v) is 8.19. The van der Waals surface area contributed by atoms with Gasteiger partial charge in [0.05, 0.1) is 0 Å². The molecule has 0 aliphatic heterocycles. The van der Waals surface area contributed by atoms with Gasteiger partial charge in [-0.15, -0.1) is 0 Å². The van der Waals surface area contributed by atoms with Crippen LogP contribution >= 0.6 is 27.5 Å². The van der Waals surface area contributed by atoms with Gasteiger partial charge in [-0.05, 0) is 48.9 Å². The second kappa shape index (κ2) is 7.66. The maximum absolute atomic E-state index is 6.28. The third-order valence-electron chi connectivity index (χ3n) is 3.40. The number of aryl methyl sites for hydroxylation is 1. The summed E-state index contributed by atoms with van der Waals surface area (Å²) in [6, 6.07) is 6.67. The van der Waals surface area contributed by atoms with E-state index in [1.54, 1.807) is 0 Å². The zero-order valence-corrected chi connectivity index (χ0v) is 14.7. The van der Waals surface area contributed by atoms with Crippen LogP contribution in [0.1, 0.15) is 46.1 Å². The average molecular weight is 347 g/mol. The van der Waals surface area contributed by atoms with Crippen LogP contribution in [0.4, 0.5) is 0 Å². The maximum atomic E-state index is 6.28. The highest BCUT2D eigenvalue weighted by atomic mass is 79.9. The first-order chi connectivity index (χ1) is 8.84. The zero-order chi connectivity index (χ0) is 14.5. The molecule has 0 radical (unpaired) electrons. The second-order valence-electron chi connectivity index (χ2n) is 6.15. The van der Waals surface area contributed by atoms with E-state index in [0.717, 1.165) is 28.9 Å². The first kappa shape index (κ1) is 17.0. The van der Waals surface area contributed by atoms with Crippen LogP contribution in [-0.4, -0.2) is 12.6 Å².